The monoisotopic (exact) mass is 303 g/mol. The van der Waals surface area contributed by atoms with Crippen molar-refractivity contribution < 1.29 is 13.5 Å². The summed E-state index contributed by atoms with van der Waals surface area (Å²) in [6.45, 7) is 5.51. The first kappa shape index (κ1) is 14.7. The highest BCUT2D eigenvalue weighted by Crippen LogP contribution is 2.39. The average Bonchev–Trinajstić information content (AvgIpc) is 3.01. The lowest BCUT2D eigenvalue weighted by Gasteiger charge is -2.28. The minimum atomic E-state index is -3.16. The lowest BCUT2D eigenvalue weighted by atomic mass is 10.00. The van der Waals surface area contributed by atoms with Crippen molar-refractivity contribution in [1.29, 1.82) is 0 Å². The number of nitrogens with zero attached hydrogens (tertiary/aromatic N) is 2. The average molecular weight is 303 g/mol. The second-order valence-electron chi connectivity index (χ2n) is 6.29. The molecule has 0 aromatic heterocycles. The van der Waals surface area contributed by atoms with Gasteiger partial charge in [0.05, 0.1) is 11.9 Å². The quantitative estimate of drug-likeness (QED) is 0.691. The van der Waals surface area contributed by atoms with Crippen LogP contribution in [0.3, 0.4) is 0 Å². The molecule has 7 heteroatoms. The Morgan fingerprint density at radius 1 is 1.15 bits per heavy atom. The first-order chi connectivity index (χ1) is 9.56. The van der Waals surface area contributed by atoms with Crippen LogP contribution in [-0.2, 0) is 10.0 Å². The van der Waals surface area contributed by atoms with Gasteiger partial charge in [0, 0.05) is 51.7 Å². The van der Waals surface area contributed by atoms with Gasteiger partial charge in [0.25, 0.3) is 0 Å². The van der Waals surface area contributed by atoms with Crippen LogP contribution < -0.4 is 5.32 Å². The van der Waals surface area contributed by atoms with Crippen molar-refractivity contribution in [3.8, 4) is 0 Å². The van der Waals surface area contributed by atoms with Gasteiger partial charge in [-0.1, -0.05) is 0 Å². The highest BCUT2D eigenvalue weighted by molar-refractivity contribution is 7.89. The maximum absolute atomic E-state index is 12.4. The van der Waals surface area contributed by atoms with E-state index in [4.69, 9.17) is 0 Å². The van der Waals surface area contributed by atoms with Gasteiger partial charge in [0.1, 0.15) is 0 Å². The molecular weight excluding hydrogens is 278 g/mol. The molecule has 3 fully saturated rings. The van der Waals surface area contributed by atoms with E-state index in [1.807, 2.05) is 0 Å². The predicted octanol–water partition coefficient (Wildman–Crippen LogP) is -1.08. The van der Waals surface area contributed by atoms with Gasteiger partial charge in [-0.15, -0.1) is 0 Å². The lowest BCUT2D eigenvalue weighted by Crippen LogP contribution is -2.46. The number of hydrogen-bond acceptors (Lipinski definition) is 5. The van der Waals surface area contributed by atoms with Crippen LogP contribution in [0.2, 0.25) is 0 Å². The number of aliphatic hydroxyl groups excluding tert-OH is 1. The molecule has 0 radical (unpaired) electrons. The molecule has 2 saturated heterocycles. The fourth-order valence-electron chi connectivity index (χ4n) is 3.73. The van der Waals surface area contributed by atoms with Gasteiger partial charge in [-0.3, -0.25) is 4.90 Å². The third kappa shape index (κ3) is 3.01. The Morgan fingerprint density at radius 3 is 2.60 bits per heavy atom. The van der Waals surface area contributed by atoms with E-state index in [0.717, 1.165) is 39.0 Å². The summed E-state index contributed by atoms with van der Waals surface area (Å²) in [6, 6.07) is 0. The van der Waals surface area contributed by atoms with Crippen LogP contribution >= 0.6 is 0 Å². The first-order valence-corrected chi connectivity index (χ1v) is 9.26. The Labute approximate surface area is 121 Å². The third-order valence-corrected chi connectivity index (χ3v) is 6.84. The van der Waals surface area contributed by atoms with Crippen LogP contribution in [-0.4, -0.2) is 80.4 Å². The molecule has 2 N–H and O–H groups in total. The predicted molar refractivity (Wildman–Crippen MR) is 76.9 cm³/mol. The van der Waals surface area contributed by atoms with Gasteiger partial charge in [0.2, 0.25) is 10.0 Å². The second-order valence-corrected chi connectivity index (χ2v) is 8.38. The van der Waals surface area contributed by atoms with Crippen molar-refractivity contribution in [1.82, 2.24) is 14.5 Å². The van der Waals surface area contributed by atoms with E-state index in [1.54, 1.807) is 4.31 Å². The van der Waals surface area contributed by atoms with Crippen LogP contribution in [0.25, 0.3) is 0 Å². The van der Waals surface area contributed by atoms with Crippen molar-refractivity contribution in [2.45, 2.75) is 18.9 Å². The maximum atomic E-state index is 12.4. The number of piperazine rings is 1. The summed E-state index contributed by atoms with van der Waals surface area (Å²) >= 11 is 0. The minimum absolute atomic E-state index is 0.170. The third-order valence-electron chi connectivity index (χ3n) is 5.05. The highest BCUT2D eigenvalue weighted by atomic mass is 32.2. The van der Waals surface area contributed by atoms with E-state index in [2.05, 4.69) is 10.2 Å². The number of nitrogens with one attached hydrogen (secondary N) is 1. The molecule has 1 aliphatic carbocycles. The summed E-state index contributed by atoms with van der Waals surface area (Å²) in [6.07, 6.45) is 1.51. The number of hydrogen-bond donors (Lipinski definition) is 2. The van der Waals surface area contributed by atoms with Crippen LogP contribution in [0.5, 0.6) is 0 Å². The molecule has 0 bridgehead atoms. The normalized spacial score (nSPS) is 36.4. The molecule has 3 aliphatic rings. The van der Waals surface area contributed by atoms with Crippen LogP contribution in [0.15, 0.2) is 0 Å². The molecule has 3 rings (SSSR count). The standard InChI is InChI=1S/C13H25N3O3S/c17-13-2-1-11-9-16(10-12(11)13)20(18,19)8-7-15-5-3-14-4-6-15/h11-14,17H,1-10H2. The number of sulfonamides is 1. The zero-order chi connectivity index (χ0) is 14.2. The van der Waals surface area contributed by atoms with E-state index in [9.17, 15) is 13.5 Å². The van der Waals surface area contributed by atoms with E-state index < -0.39 is 10.0 Å². The van der Waals surface area contributed by atoms with E-state index in [-0.39, 0.29) is 17.8 Å². The smallest absolute Gasteiger partial charge is 0.215 e. The fraction of sp³-hybridized carbons (Fsp3) is 1.00. The van der Waals surface area contributed by atoms with Gasteiger partial charge in [-0.25, -0.2) is 12.7 Å². The molecule has 0 spiro atoms. The van der Waals surface area contributed by atoms with Crippen molar-refractivity contribution >= 4 is 10.0 Å². The lowest BCUT2D eigenvalue weighted by molar-refractivity contribution is 0.129. The van der Waals surface area contributed by atoms with E-state index >= 15 is 0 Å². The molecule has 20 heavy (non-hydrogen) atoms. The van der Waals surface area contributed by atoms with Crippen molar-refractivity contribution in [3.63, 3.8) is 0 Å². The van der Waals surface area contributed by atoms with Crippen LogP contribution in [0, 0.1) is 11.8 Å². The molecule has 0 aromatic carbocycles. The summed E-state index contributed by atoms with van der Waals surface area (Å²) < 4.78 is 26.4. The summed E-state index contributed by atoms with van der Waals surface area (Å²) in [5, 5.41) is 13.1. The Hall–Kier alpha value is -0.210. The van der Waals surface area contributed by atoms with Gasteiger partial charge in [0.15, 0.2) is 0 Å². The zero-order valence-corrected chi connectivity index (χ0v) is 12.7. The molecule has 1 saturated carbocycles. The molecule has 0 amide bonds. The van der Waals surface area contributed by atoms with Gasteiger partial charge in [-0.2, -0.15) is 0 Å². The molecule has 0 aromatic rings. The Morgan fingerprint density at radius 2 is 1.90 bits per heavy atom. The van der Waals surface area contributed by atoms with Crippen LogP contribution in [0.4, 0.5) is 0 Å². The summed E-state index contributed by atoms with van der Waals surface area (Å²) in [5.74, 6) is 0.755. The Bertz CT molecular complexity index is 436. The number of fused-ring (bicyclic) bond motifs is 1. The second kappa shape index (κ2) is 5.88. The van der Waals surface area contributed by atoms with E-state index in [1.165, 1.54) is 0 Å². The molecule has 3 atom stereocenters. The topological polar surface area (TPSA) is 72.9 Å². The summed E-state index contributed by atoms with van der Waals surface area (Å²) in [4.78, 5) is 2.21. The van der Waals surface area contributed by atoms with Crippen molar-refractivity contribution in [2.75, 3.05) is 51.6 Å². The maximum Gasteiger partial charge on any atom is 0.215 e. The summed E-state index contributed by atoms with van der Waals surface area (Å²) in [5.41, 5.74) is 0. The van der Waals surface area contributed by atoms with Crippen molar-refractivity contribution in [3.05, 3.63) is 0 Å². The number of aliphatic hydroxyl groups is 1. The summed E-state index contributed by atoms with van der Waals surface area (Å²) in [7, 11) is -3.16. The molecule has 2 aliphatic heterocycles. The van der Waals surface area contributed by atoms with E-state index in [0.29, 0.717) is 25.6 Å². The van der Waals surface area contributed by atoms with Crippen molar-refractivity contribution in [2.24, 2.45) is 11.8 Å². The number of rotatable bonds is 4. The molecule has 2 heterocycles. The largest absolute Gasteiger partial charge is 0.393 e. The fourth-order valence-corrected chi connectivity index (χ4v) is 5.30. The molecule has 6 nitrogen and oxygen atoms in total. The molecule has 3 unspecified atom stereocenters. The SMILES string of the molecule is O=S(=O)(CCN1CCNCC1)N1CC2CCC(O)C2C1. The Kier molecular flexibility index (Phi) is 4.33. The first-order valence-electron chi connectivity index (χ1n) is 7.65. The Balaban J connectivity index is 1.53. The molecular formula is C13H25N3O3S. The molecule has 116 valence electrons. The van der Waals surface area contributed by atoms with Gasteiger partial charge >= 0.3 is 0 Å². The van der Waals surface area contributed by atoms with Gasteiger partial charge in [-0.05, 0) is 18.8 Å². The van der Waals surface area contributed by atoms with Gasteiger partial charge < -0.3 is 10.4 Å². The zero-order valence-electron chi connectivity index (χ0n) is 11.9. The highest BCUT2D eigenvalue weighted by Gasteiger charge is 2.45. The van der Waals surface area contributed by atoms with Crippen LogP contribution in [0.1, 0.15) is 12.8 Å². The minimum Gasteiger partial charge on any atom is -0.393 e.